The van der Waals surface area contributed by atoms with Gasteiger partial charge in [-0.15, -0.1) is 0 Å². The number of nitrogens with one attached hydrogen (secondary N) is 1. The average Bonchev–Trinajstić information content (AvgIpc) is 2.23. The normalized spacial score (nSPS) is 12.4. The summed E-state index contributed by atoms with van der Waals surface area (Å²) in [5.41, 5.74) is 0. The molecule has 4 heteroatoms. The average molecular weight is 247 g/mol. The van der Waals surface area contributed by atoms with Gasteiger partial charge in [-0.2, -0.15) is 0 Å². The van der Waals surface area contributed by atoms with Crippen molar-refractivity contribution in [1.29, 1.82) is 0 Å². The van der Waals surface area contributed by atoms with Crippen LogP contribution < -0.4 is 4.98 Å². The van der Waals surface area contributed by atoms with Crippen LogP contribution in [-0.2, 0) is 8.85 Å². The Morgan fingerprint density at radius 1 is 0.938 bits per heavy atom. The molecule has 0 saturated carbocycles. The molecule has 0 saturated heterocycles. The highest BCUT2D eigenvalue weighted by Crippen LogP contribution is 2.15. The van der Waals surface area contributed by atoms with Gasteiger partial charge < -0.3 is 8.85 Å². The van der Waals surface area contributed by atoms with Gasteiger partial charge in [-0.3, -0.25) is 4.98 Å². The van der Waals surface area contributed by atoms with E-state index < -0.39 is 8.72 Å². The molecule has 0 aliphatic heterocycles. The Hall–Kier alpha value is 0.0969. The molecule has 98 valence electrons. The standard InChI is InChI=1S/C12H29NO2Si/c1-6-9-14-16(11-8-3,13-12(4)5)15-10-7-2/h12-13H,6-11H2,1-5H3. The largest absolute Gasteiger partial charge is 0.425 e. The van der Waals surface area contributed by atoms with Crippen LogP contribution in [0.4, 0.5) is 0 Å². The van der Waals surface area contributed by atoms with Crippen molar-refractivity contribution >= 4 is 8.72 Å². The van der Waals surface area contributed by atoms with E-state index in [0.717, 1.165) is 38.5 Å². The molecule has 0 rings (SSSR count). The van der Waals surface area contributed by atoms with E-state index in [2.05, 4.69) is 39.6 Å². The molecule has 0 aromatic carbocycles. The van der Waals surface area contributed by atoms with Crippen LogP contribution in [0.3, 0.4) is 0 Å². The lowest BCUT2D eigenvalue weighted by Crippen LogP contribution is -2.58. The summed E-state index contributed by atoms with van der Waals surface area (Å²) in [6.45, 7) is 12.4. The molecule has 0 amide bonds. The third-order valence-corrected chi connectivity index (χ3v) is 5.68. The SMILES string of the molecule is CCCO[Si](CCC)(NC(C)C)OCCC. The predicted octanol–water partition coefficient (Wildman–Crippen LogP) is 3.19. The van der Waals surface area contributed by atoms with Crippen LogP contribution in [0.1, 0.15) is 53.9 Å². The summed E-state index contributed by atoms with van der Waals surface area (Å²) in [6, 6.07) is 1.46. The molecule has 0 atom stereocenters. The van der Waals surface area contributed by atoms with E-state index in [4.69, 9.17) is 8.85 Å². The van der Waals surface area contributed by atoms with Crippen molar-refractivity contribution in [3.05, 3.63) is 0 Å². The fourth-order valence-corrected chi connectivity index (χ4v) is 4.93. The molecule has 0 spiro atoms. The zero-order valence-electron chi connectivity index (χ0n) is 11.6. The summed E-state index contributed by atoms with van der Waals surface area (Å²) in [4.78, 5) is 3.56. The lowest BCUT2D eigenvalue weighted by atomic mass is 10.4. The summed E-state index contributed by atoms with van der Waals surface area (Å²) in [5, 5.41) is 0. The molecule has 0 bridgehead atoms. The summed E-state index contributed by atoms with van der Waals surface area (Å²) in [7, 11) is -2.15. The molecule has 0 unspecified atom stereocenters. The molecular weight excluding hydrogens is 218 g/mol. The van der Waals surface area contributed by atoms with Crippen LogP contribution >= 0.6 is 0 Å². The maximum Gasteiger partial charge on any atom is 0.425 e. The van der Waals surface area contributed by atoms with Crippen molar-refractivity contribution in [1.82, 2.24) is 4.98 Å². The molecule has 0 aromatic heterocycles. The fourth-order valence-electron chi connectivity index (χ4n) is 1.64. The Kier molecular flexibility index (Phi) is 9.22. The number of rotatable bonds is 10. The zero-order valence-corrected chi connectivity index (χ0v) is 12.6. The topological polar surface area (TPSA) is 30.5 Å². The third-order valence-electron chi connectivity index (χ3n) is 2.17. The minimum Gasteiger partial charge on any atom is -0.383 e. The van der Waals surface area contributed by atoms with Gasteiger partial charge >= 0.3 is 8.72 Å². The van der Waals surface area contributed by atoms with Crippen LogP contribution in [-0.4, -0.2) is 28.0 Å². The molecule has 16 heavy (non-hydrogen) atoms. The molecule has 3 nitrogen and oxygen atoms in total. The van der Waals surface area contributed by atoms with Crippen molar-refractivity contribution in [2.45, 2.75) is 66.0 Å². The van der Waals surface area contributed by atoms with Crippen LogP contribution in [0.5, 0.6) is 0 Å². The minimum absolute atomic E-state index is 0.423. The fraction of sp³-hybridized carbons (Fsp3) is 1.00. The molecule has 0 radical (unpaired) electrons. The second kappa shape index (κ2) is 9.16. The van der Waals surface area contributed by atoms with Crippen molar-refractivity contribution < 1.29 is 8.85 Å². The highest BCUT2D eigenvalue weighted by molar-refractivity contribution is 6.64. The van der Waals surface area contributed by atoms with Gasteiger partial charge in [0.05, 0.1) is 0 Å². The van der Waals surface area contributed by atoms with E-state index in [1.807, 2.05) is 0 Å². The van der Waals surface area contributed by atoms with E-state index in [0.29, 0.717) is 6.04 Å². The van der Waals surface area contributed by atoms with Gasteiger partial charge in [-0.25, -0.2) is 0 Å². The lowest BCUT2D eigenvalue weighted by Gasteiger charge is -2.32. The first-order valence-electron chi connectivity index (χ1n) is 6.65. The number of hydrogen-bond acceptors (Lipinski definition) is 3. The third kappa shape index (κ3) is 6.63. The molecular formula is C12H29NO2Si. The molecule has 1 N–H and O–H groups in total. The van der Waals surface area contributed by atoms with E-state index in [1.54, 1.807) is 0 Å². The van der Waals surface area contributed by atoms with Crippen molar-refractivity contribution in [3.63, 3.8) is 0 Å². The zero-order chi connectivity index (χ0) is 12.4. The van der Waals surface area contributed by atoms with Crippen molar-refractivity contribution in [2.24, 2.45) is 0 Å². The van der Waals surface area contributed by atoms with Gasteiger partial charge in [0, 0.05) is 19.3 Å². The summed E-state index contributed by atoms with van der Waals surface area (Å²) in [5.74, 6) is 0. The smallest absolute Gasteiger partial charge is 0.383 e. The Morgan fingerprint density at radius 2 is 1.44 bits per heavy atom. The highest BCUT2D eigenvalue weighted by atomic mass is 28.4. The molecule has 0 fully saturated rings. The van der Waals surface area contributed by atoms with E-state index in [9.17, 15) is 0 Å². The molecule has 0 aromatic rings. The van der Waals surface area contributed by atoms with Crippen molar-refractivity contribution in [3.8, 4) is 0 Å². The quantitative estimate of drug-likeness (QED) is 0.601. The summed E-state index contributed by atoms with van der Waals surface area (Å²) >= 11 is 0. The van der Waals surface area contributed by atoms with Gasteiger partial charge in [0.15, 0.2) is 0 Å². The second-order valence-corrected chi connectivity index (χ2v) is 7.37. The van der Waals surface area contributed by atoms with Crippen LogP contribution in [0.15, 0.2) is 0 Å². The second-order valence-electron chi connectivity index (χ2n) is 4.50. The van der Waals surface area contributed by atoms with Crippen molar-refractivity contribution in [2.75, 3.05) is 13.2 Å². The Bertz CT molecular complexity index is 157. The van der Waals surface area contributed by atoms with E-state index in [-0.39, 0.29) is 0 Å². The Balaban J connectivity index is 4.45. The molecule has 0 heterocycles. The maximum absolute atomic E-state index is 6.04. The number of hydrogen-bond donors (Lipinski definition) is 1. The predicted molar refractivity (Wildman–Crippen MR) is 71.6 cm³/mol. The van der Waals surface area contributed by atoms with E-state index in [1.165, 1.54) is 0 Å². The monoisotopic (exact) mass is 247 g/mol. The molecule has 0 aliphatic carbocycles. The van der Waals surface area contributed by atoms with Crippen LogP contribution in [0, 0.1) is 0 Å². The summed E-state index contributed by atoms with van der Waals surface area (Å²) in [6.07, 6.45) is 3.21. The first kappa shape index (κ1) is 16.1. The lowest BCUT2D eigenvalue weighted by molar-refractivity contribution is 0.153. The highest BCUT2D eigenvalue weighted by Gasteiger charge is 2.37. The summed E-state index contributed by atoms with van der Waals surface area (Å²) < 4.78 is 12.1. The van der Waals surface area contributed by atoms with Crippen LogP contribution in [0.25, 0.3) is 0 Å². The molecule has 0 aliphatic rings. The van der Waals surface area contributed by atoms with Gasteiger partial charge in [0.1, 0.15) is 0 Å². The minimum atomic E-state index is -2.15. The van der Waals surface area contributed by atoms with Gasteiger partial charge in [0.2, 0.25) is 0 Å². The first-order valence-corrected chi connectivity index (χ1v) is 8.68. The van der Waals surface area contributed by atoms with Gasteiger partial charge in [-0.1, -0.05) is 41.0 Å². The maximum atomic E-state index is 6.04. The van der Waals surface area contributed by atoms with Gasteiger partial charge in [0.25, 0.3) is 0 Å². The van der Waals surface area contributed by atoms with Crippen LogP contribution in [0.2, 0.25) is 6.04 Å². The first-order chi connectivity index (χ1) is 7.60. The Labute approximate surface area is 102 Å². The van der Waals surface area contributed by atoms with Gasteiger partial charge in [-0.05, 0) is 18.9 Å². The van der Waals surface area contributed by atoms with E-state index >= 15 is 0 Å². The Morgan fingerprint density at radius 3 is 1.75 bits per heavy atom.